The SMILES string of the molecule is O=C(OC[C@H]1O[C@@H](n2cnc3cc(Cl)c(Cl)cc32)[C@H](O)[C@H]1OC(=O)c1ccccc1)c1ccccc1. The van der Waals surface area contributed by atoms with Crippen LogP contribution in [0.5, 0.6) is 0 Å². The van der Waals surface area contributed by atoms with E-state index in [-0.39, 0.29) is 6.61 Å². The lowest BCUT2D eigenvalue weighted by atomic mass is 10.1. The van der Waals surface area contributed by atoms with E-state index in [0.717, 1.165) is 0 Å². The monoisotopic (exact) mass is 526 g/mol. The molecule has 0 spiro atoms. The van der Waals surface area contributed by atoms with E-state index in [1.54, 1.807) is 77.4 Å². The minimum atomic E-state index is -1.30. The highest BCUT2D eigenvalue weighted by Gasteiger charge is 2.48. The van der Waals surface area contributed by atoms with Gasteiger partial charge in [0.15, 0.2) is 12.3 Å². The fourth-order valence-electron chi connectivity index (χ4n) is 4.04. The van der Waals surface area contributed by atoms with Crippen LogP contribution in [-0.4, -0.2) is 51.5 Å². The Balaban J connectivity index is 1.42. The number of halogens is 2. The van der Waals surface area contributed by atoms with Gasteiger partial charge in [-0.3, -0.25) is 0 Å². The van der Waals surface area contributed by atoms with E-state index in [2.05, 4.69) is 4.98 Å². The molecule has 1 aliphatic heterocycles. The van der Waals surface area contributed by atoms with Crippen LogP contribution in [-0.2, 0) is 14.2 Å². The van der Waals surface area contributed by atoms with Crippen LogP contribution in [0.2, 0.25) is 10.0 Å². The largest absolute Gasteiger partial charge is 0.459 e. The molecule has 1 aliphatic rings. The van der Waals surface area contributed by atoms with Crippen molar-refractivity contribution < 1.29 is 28.9 Å². The Hall–Kier alpha value is -3.43. The Morgan fingerprint density at radius 3 is 2.22 bits per heavy atom. The standard InChI is InChI=1S/C26H20Cl2N2O6/c27-17-11-19-20(12-18(17)28)30(14-29-19)24-22(31)23(36-26(33)16-9-5-2-6-10-16)21(35-24)13-34-25(32)15-7-3-1-4-8-15/h1-12,14,21-24,31H,13H2/t21-,22-,23+,24-/m1/s1. The molecule has 0 saturated carbocycles. The predicted octanol–water partition coefficient (Wildman–Crippen LogP) is 4.68. The maximum absolute atomic E-state index is 12.8. The third-order valence-corrected chi connectivity index (χ3v) is 6.56. The maximum Gasteiger partial charge on any atom is 0.338 e. The van der Waals surface area contributed by atoms with Crippen molar-refractivity contribution in [1.29, 1.82) is 0 Å². The van der Waals surface area contributed by atoms with Crippen molar-refractivity contribution in [2.75, 3.05) is 6.61 Å². The second-order valence-electron chi connectivity index (χ2n) is 8.16. The van der Waals surface area contributed by atoms with Gasteiger partial charge in [-0.05, 0) is 36.4 Å². The number of aliphatic hydroxyl groups excluding tert-OH is 1. The fourth-order valence-corrected chi connectivity index (χ4v) is 4.35. The second-order valence-corrected chi connectivity index (χ2v) is 8.98. The molecule has 184 valence electrons. The van der Waals surface area contributed by atoms with Crippen LogP contribution in [0.1, 0.15) is 26.9 Å². The van der Waals surface area contributed by atoms with Gasteiger partial charge in [-0.2, -0.15) is 0 Å². The number of esters is 2. The maximum atomic E-state index is 12.8. The molecule has 4 atom stereocenters. The number of hydrogen-bond acceptors (Lipinski definition) is 7. The van der Waals surface area contributed by atoms with E-state index in [4.69, 9.17) is 37.4 Å². The molecule has 1 aromatic heterocycles. The molecule has 0 unspecified atom stereocenters. The summed E-state index contributed by atoms with van der Waals surface area (Å²) in [5.74, 6) is -1.21. The molecule has 3 aromatic carbocycles. The van der Waals surface area contributed by atoms with E-state index in [9.17, 15) is 14.7 Å². The summed E-state index contributed by atoms with van der Waals surface area (Å²) in [6.07, 6.45) is -2.91. The zero-order valence-electron chi connectivity index (χ0n) is 18.7. The molecule has 10 heteroatoms. The van der Waals surface area contributed by atoms with Gasteiger partial charge in [-0.1, -0.05) is 59.6 Å². The Labute approximate surface area is 215 Å². The Bertz CT molecular complexity index is 1400. The highest BCUT2D eigenvalue weighted by Crippen LogP contribution is 2.36. The summed E-state index contributed by atoms with van der Waals surface area (Å²) in [4.78, 5) is 29.6. The van der Waals surface area contributed by atoms with Crippen LogP contribution in [0.15, 0.2) is 79.1 Å². The van der Waals surface area contributed by atoms with Crippen molar-refractivity contribution in [3.05, 3.63) is 100 Å². The summed E-state index contributed by atoms with van der Waals surface area (Å²) >= 11 is 12.3. The summed E-state index contributed by atoms with van der Waals surface area (Å²) in [7, 11) is 0. The predicted molar refractivity (Wildman–Crippen MR) is 132 cm³/mol. The molecule has 36 heavy (non-hydrogen) atoms. The van der Waals surface area contributed by atoms with Crippen molar-refractivity contribution in [2.45, 2.75) is 24.5 Å². The van der Waals surface area contributed by atoms with Gasteiger partial charge in [-0.15, -0.1) is 0 Å². The van der Waals surface area contributed by atoms with Crippen LogP contribution < -0.4 is 0 Å². The Morgan fingerprint density at radius 1 is 0.944 bits per heavy atom. The van der Waals surface area contributed by atoms with Crippen LogP contribution in [0.4, 0.5) is 0 Å². The van der Waals surface area contributed by atoms with E-state index in [0.29, 0.717) is 32.2 Å². The topological polar surface area (TPSA) is 99.9 Å². The van der Waals surface area contributed by atoms with Crippen molar-refractivity contribution in [3.8, 4) is 0 Å². The fraction of sp³-hybridized carbons (Fsp3) is 0.192. The van der Waals surface area contributed by atoms with Gasteiger partial charge >= 0.3 is 11.9 Å². The third-order valence-electron chi connectivity index (χ3n) is 5.84. The van der Waals surface area contributed by atoms with Crippen molar-refractivity contribution in [2.24, 2.45) is 0 Å². The second kappa shape index (κ2) is 10.3. The first-order valence-corrected chi connectivity index (χ1v) is 11.8. The molecular formula is C26H20Cl2N2O6. The molecule has 0 bridgehead atoms. The van der Waals surface area contributed by atoms with Gasteiger partial charge in [0, 0.05) is 0 Å². The minimum absolute atomic E-state index is 0.257. The number of nitrogens with zero attached hydrogens (tertiary/aromatic N) is 2. The molecular weight excluding hydrogens is 507 g/mol. The lowest BCUT2D eigenvalue weighted by molar-refractivity contribution is -0.0583. The average Bonchev–Trinajstić information content (AvgIpc) is 3.43. The first kappa shape index (κ1) is 24.3. The molecule has 8 nitrogen and oxygen atoms in total. The van der Waals surface area contributed by atoms with Crippen LogP contribution in [0.25, 0.3) is 11.0 Å². The van der Waals surface area contributed by atoms with E-state index in [1.165, 1.54) is 6.33 Å². The molecule has 1 saturated heterocycles. The number of benzene rings is 3. The lowest BCUT2D eigenvalue weighted by Crippen LogP contribution is -2.38. The number of carbonyl (C=O) groups is 2. The molecule has 0 radical (unpaired) electrons. The number of hydrogen-bond donors (Lipinski definition) is 1. The van der Waals surface area contributed by atoms with Gasteiger partial charge in [0.1, 0.15) is 18.8 Å². The van der Waals surface area contributed by atoms with Crippen molar-refractivity contribution in [1.82, 2.24) is 9.55 Å². The highest BCUT2D eigenvalue weighted by atomic mass is 35.5. The van der Waals surface area contributed by atoms with Crippen LogP contribution in [0.3, 0.4) is 0 Å². The zero-order chi connectivity index (χ0) is 25.2. The van der Waals surface area contributed by atoms with E-state index in [1.807, 2.05) is 0 Å². The smallest absolute Gasteiger partial charge is 0.338 e. The minimum Gasteiger partial charge on any atom is -0.459 e. The van der Waals surface area contributed by atoms with Gasteiger partial charge in [0.05, 0.1) is 38.5 Å². The summed E-state index contributed by atoms with van der Waals surface area (Å²) in [5.41, 5.74) is 1.76. The van der Waals surface area contributed by atoms with Crippen LogP contribution >= 0.6 is 23.2 Å². The van der Waals surface area contributed by atoms with Crippen molar-refractivity contribution >= 4 is 46.2 Å². The van der Waals surface area contributed by atoms with Gasteiger partial charge in [0.2, 0.25) is 0 Å². The average molecular weight is 527 g/mol. The number of fused-ring (bicyclic) bond motifs is 1. The molecule has 0 amide bonds. The highest BCUT2D eigenvalue weighted by molar-refractivity contribution is 6.42. The molecule has 2 heterocycles. The Morgan fingerprint density at radius 2 is 1.56 bits per heavy atom. The number of imidazole rings is 1. The number of carbonyl (C=O) groups excluding carboxylic acids is 2. The third kappa shape index (κ3) is 4.81. The Kier molecular flexibility index (Phi) is 6.93. The number of ether oxygens (including phenoxy) is 3. The van der Waals surface area contributed by atoms with E-state index < -0.39 is 36.5 Å². The first-order valence-electron chi connectivity index (χ1n) is 11.1. The molecule has 1 N–H and O–H groups in total. The zero-order valence-corrected chi connectivity index (χ0v) is 20.2. The van der Waals surface area contributed by atoms with Gasteiger partial charge in [-0.25, -0.2) is 14.6 Å². The van der Waals surface area contributed by atoms with Gasteiger partial charge in [0.25, 0.3) is 0 Å². The van der Waals surface area contributed by atoms with E-state index >= 15 is 0 Å². The molecule has 4 aromatic rings. The summed E-state index contributed by atoms with van der Waals surface area (Å²) in [5, 5.41) is 11.8. The number of aliphatic hydroxyl groups is 1. The quantitative estimate of drug-likeness (QED) is 0.364. The summed E-state index contributed by atoms with van der Waals surface area (Å²) in [6, 6.07) is 20.0. The normalized spacial score (nSPS) is 21.4. The molecule has 1 fully saturated rings. The summed E-state index contributed by atoms with van der Waals surface area (Å²) in [6.45, 7) is -0.257. The summed E-state index contributed by atoms with van der Waals surface area (Å²) < 4.78 is 18.7. The van der Waals surface area contributed by atoms with Crippen LogP contribution in [0, 0.1) is 0 Å². The molecule has 0 aliphatic carbocycles. The van der Waals surface area contributed by atoms with Crippen molar-refractivity contribution in [3.63, 3.8) is 0 Å². The van der Waals surface area contributed by atoms with Gasteiger partial charge < -0.3 is 23.9 Å². The number of aromatic nitrogens is 2. The first-order chi connectivity index (χ1) is 17.4. The lowest BCUT2D eigenvalue weighted by Gasteiger charge is -2.21. The number of rotatable bonds is 6. The molecule has 5 rings (SSSR count).